The van der Waals surface area contributed by atoms with Crippen molar-refractivity contribution in [1.82, 2.24) is 10.2 Å². The van der Waals surface area contributed by atoms with E-state index in [0.717, 1.165) is 41.4 Å². The summed E-state index contributed by atoms with van der Waals surface area (Å²) in [6.07, 6.45) is 1.69. The average molecular weight is 560 g/mol. The molecular weight excluding hydrogens is 529 g/mol. The summed E-state index contributed by atoms with van der Waals surface area (Å²) >= 11 is 6.14. The summed E-state index contributed by atoms with van der Waals surface area (Å²) in [5.41, 5.74) is 0.944. The van der Waals surface area contributed by atoms with Crippen LogP contribution in [0.25, 0.3) is 0 Å². The van der Waals surface area contributed by atoms with E-state index in [1.54, 1.807) is 61.5 Å². The molecule has 0 saturated heterocycles. The fourth-order valence-electron chi connectivity index (χ4n) is 3.81. The largest absolute Gasteiger partial charge is 0.354 e. The Hall–Kier alpha value is -3.43. The van der Waals surface area contributed by atoms with Crippen LogP contribution in [0, 0.1) is 5.82 Å². The predicted molar refractivity (Wildman–Crippen MR) is 147 cm³/mol. The molecule has 3 rings (SSSR count). The topological polar surface area (TPSA) is 86.8 Å². The maximum atomic E-state index is 13.8. The van der Waals surface area contributed by atoms with Crippen LogP contribution in [-0.2, 0) is 26.2 Å². The molecule has 3 aromatic rings. The van der Waals surface area contributed by atoms with Gasteiger partial charge in [-0.3, -0.25) is 13.9 Å². The Balaban J connectivity index is 1.97. The number of hydrogen-bond acceptors (Lipinski definition) is 4. The Kier molecular flexibility index (Phi) is 10.3. The Bertz CT molecular complexity index is 1340. The molecule has 0 aromatic heterocycles. The SMILES string of the molecule is CCCCNC(=O)[C@H](C)N(Cc1cccc(Cl)c1)C(=O)CN(c1ccccc1)S(=O)(=O)c1ccc(F)cc1. The quantitative estimate of drug-likeness (QED) is 0.316. The third-order valence-electron chi connectivity index (χ3n) is 5.96. The van der Waals surface area contributed by atoms with Crippen LogP contribution in [0.3, 0.4) is 0 Å². The number of amides is 2. The Labute approximate surface area is 228 Å². The number of carbonyl (C=O) groups is 2. The molecule has 1 N–H and O–H groups in total. The molecule has 202 valence electrons. The number of nitrogens with zero attached hydrogens (tertiary/aromatic N) is 2. The smallest absolute Gasteiger partial charge is 0.264 e. The molecule has 0 heterocycles. The maximum Gasteiger partial charge on any atom is 0.264 e. The van der Waals surface area contributed by atoms with E-state index >= 15 is 0 Å². The van der Waals surface area contributed by atoms with E-state index in [2.05, 4.69) is 5.32 Å². The van der Waals surface area contributed by atoms with Gasteiger partial charge in [-0.05, 0) is 67.4 Å². The number of benzene rings is 3. The zero-order valence-corrected chi connectivity index (χ0v) is 22.9. The van der Waals surface area contributed by atoms with Gasteiger partial charge in [-0.2, -0.15) is 0 Å². The number of unbranched alkanes of at least 4 members (excludes halogenated alkanes) is 1. The van der Waals surface area contributed by atoms with E-state index < -0.39 is 34.3 Å². The third-order valence-corrected chi connectivity index (χ3v) is 7.99. The van der Waals surface area contributed by atoms with Gasteiger partial charge in [0.25, 0.3) is 10.0 Å². The van der Waals surface area contributed by atoms with Crippen molar-refractivity contribution in [3.8, 4) is 0 Å². The van der Waals surface area contributed by atoms with Gasteiger partial charge in [-0.1, -0.05) is 55.3 Å². The summed E-state index contributed by atoms with van der Waals surface area (Å²) < 4.78 is 41.7. The number of para-hydroxylation sites is 1. The summed E-state index contributed by atoms with van der Waals surface area (Å²) in [5, 5.41) is 3.31. The van der Waals surface area contributed by atoms with Crippen molar-refractivity contribution in [3.63, 3.8) is 0 Å². The van der Waals surface area contributed by atoms with Gasteiger partial charge >= 0.3 is 0 Å². The lowest BCUT2D eigenvalue weighted by atomic mass is 10.1. The Morgan fingerprint density at radius 1 is 1.00 bits per heavy atom. The molecule has 0 radical (unpaired) electrons. The van der Waals surface area contributed by atoms with Gasteiger partial charge in [0.05, 0.1) is 10.6 Å². The molecule has 2 amide bonds. The minimum absolute atomic E-state index is 0.0426. The zero-order chi connectivity index (χ0) is 27.7. The molecule has 0 saturated carbocycles. The lowest BCUT2D eigenvalue weighted by molar-refractivity contribution is -0.139. The number of halogens is 2. The lowest BCUT2D eigenvalue weighted by Crippen LogP contribution is -2.51. The highest BCUT2D eigenvalue weighted by Gasteiger charge is 2.32. The monoisotopic (exact) mass is 559 g/mol. The van der Waals surface area contributed by atoms with Crippen LogP contribution in [0.4, 0.5) is 10.1 Å². The van der Waals surface area contributed by atoms with Gasteiger partial charge in [0.15, 0.2) is 0 Å². The van der Waals surface area contributed by atoms with Crippen molar-refractivity contribution in [1.29, 1.82) is 0 Å². The van der Waals surface area contributed by atoms with Crippen LogP contribution in [0.15, 0.2) is 83.8 Å². The van der Waals surface area contributed by atoms with Gasteiger partial charge in [-0.25, -0.2) is 12.8 Å². The molecule has 7 nitrogen and oxygen atoms in total. The molecule has 0 fully saturated rings. The van der Waals surface area contributed by atoms with Gasteiger partial charge in [-0.15, -0.1) is 0 Å². The lowest BCUT2D eigenvalue weighted by Gasteiger charge is -2.32. The summed E-state index contributed by atoms with van der Waals surface area (Å²) in [7, 11) is -4.25. The molecule has 3 aromatic carbocycles. The van der Waals surface area contributed by atoms with E-state index in [-0.39, 0.29) is 23.0 Å². The van der Waals surface area contributed by atoms with E-state index in [4.69, 9.17) is 11.6 Å². The van der Waals surface area contributed by atoms with Crippen LogP contribution in [0.5, 0.6) is 0 Å². The van der Waals surface area contributed by atoms with E-state index in [9.17, 15) is 22.4 Å². The van der Waals surface area contributed by atoms with Crippen molar-refractivity contribution in [2.45, 2.75) is 44.2 Å². The second-order valence-electron chi connectivity index (χ2n) is 8.77. The molecule has 0 spiro atoms. The normalized spacial score (nSPS) is 12.0. The first-order valence-corrected chi connectivity index (χ1v) is 14.1. The second kappa shape index (κ2) is 13.4. The minimum atomic E-state index is -4.25. The van der Waals surface area contributed by atoms with Crippen LogP contribution in [0.2, 0.25) is 5.02 Å². The van der Waals surface area contributed by atoms with Crippen molar-refractivity contribution >= 4 is 39.1 Å². The van der Waals surface area contributed by atoms with Crippen LogP contribution < -0.4 is 9.62 Å². The molecule has 0 bridgehead atoms. The Morgan fingerprint density at radius 2 is 1.68 bits per heavy atom. The summed E-state index contributed by atoms with van der Waals surface area (Å²) in [5.74, 6) is -1.51. The molecule has 0 aliphatic rings. The number of anilines is 1. The molecule has 0 aliphatic heterocycles. The number of nitrogens with one attached hydrogen (secondary N) is 1. The maximum absolute atomic E-state index is 13.8. The van der Waals surface area contributed by atoms with Crippen molar-refractivity contribution < 1.29 is 22.4 Å². The van der Waals surface area contributed by atoms with E-state index in [0.29, 0.717) is 17.1 Å². The fourth-order valence-corrected chi connectivity index (χ4v) is 5.43. The first-order chi connectivity index (χ1) is 18.1. The van der Waals surface area contributed by atoms with Crippen LogP contribution in [0.1, 0.15) is 32.3 Å². The van der Waals surface area contributed by atoms with Crippen molar-refractivity contribution in [2.24, 2.45) is 0 Å². The number of hydrogen-bond donors (Lipinski definition) is 1. The molecule has 0 aliphatic carbocycles. The minimum Gasteiger partial charge on any atom is -0.354 e. The molecular formula is C28H31ClFN3O4S. The average Bonchev–Trinajstić information content (AvgIpc) is 2.90. The first kappa shape index (κ1) is 29.1. The summed E-state index contributed by atoms with van der Waals surface area (Å²) in [6.45, 7) is 3.54. The number of sulfonamides is 1. The molecule has 0 unspecified atom stereocenters. The van der Waals surface area contributed by atoms with Gasteiger partial charge < -0.3 is 10.2 Å². The van der Waals surface area contributed by atoms with Crippen molar-refractivity contribution in [2.75, 3.05) is 17.4 Å². The van der Waals surface area contributed by atoms with Crippen LogP contribution in [-0.4, -0.2) is 44.3 Å². The first-order valence-electron chi connectivity index (χ1n) is 12.3. The number of rotatable bonds is 12. The van der Waals surface area contributed by atoms with Gasteiger partial charge in [0, 0.05) is 18.1 Å². The fraction of sp³-hybridized carbons (Fsp3) is 0.286. The van der Waals surface area contributed by atoms with Gasteiger partial charge in [0.2, 0.25) is 11.8 Å². The van der Waals surface area contributed by atoms with Crippen LogP contribution >= 0.6 is 11.6 Å². The van der Waals surface area contributed by atoms with Gasteiger partial charge in [0.1, 0.15) is 18.4 Å². The standard InChI is InChI=1S/C28H31ClFN3O4S/c1-3-4-17-31-28(35)21(2)32(19-22-9-8-10-23(29)18-22)27(34)20-33(25-11-6-5-7-12-25)38(36,37)26-15-13-24(30)14-16-26/h5-16,18,21H,3-4,17,19-20H2,1-2H3,(H,31,35)/t21-/m0/s1. The van der Waals surface area contributed by atoms with E-state index in [1.165, 1.54) is 4.90 Å². The predicted octanol–water partition coefficient (Wildman–Crippen LogP) is 5.01. The summed E-state index contributed by atoms with van der Waals surface area (Å²) in [4.78, 5) is 27.9. The molecule has 10 heteroatoms. The van der Waals surface area contributed by atoms with E-state index in [1.807, 2.05) is 6.92 Å². The third kappa shape index (κ3) is 7.55. The zero-order valence-electron chi connectivity index (χ0n) is 21.3. The summed E-state index contributed by atoms with van der Waals surface area (Å²) in [6, 6.07) is 18.6. The molecule has 38 heavy (non-hydrogen) atoms. The highest BCUT2D eigenvalue weighted by atomic mass is 35.5. The highest BCUT2D eigenvalue weighted by molar-refractivity contribution is 7.92. The Morgan fingerprint density at radius 3 is 2.32 bits per heavy atom. The molecule has 1 atom stereocenters. The number of carbonyl (C=O) groups excluding carboxylic acids is 2. The second-order valence-corrected chi connectivity index (χ2v) is 11.1. The van der Waals surface area contributed by atoms with Crippen molar-refractivity contribution in [3.05, 3.63) is 95.3 Å². The highest BCUT2D eigenvalue weighted by Crippen LogP contribution is 2.25.